The first-order chi connectivity index (χ1) is 9.16. The molecule has 0 spiro atoms. The summed E-state index contributed by atoms with van der Waals surface area (Å²) in [5, 5.41) is 14.3. The minimum absolute atomic E-state index is 0.365. The fourth-order valence-corrected chi connectivity index (χ4v) is 3.80. The Kier molecular flexibility index (Phi) is 3.68. The Bertz CT molecular complexity index is 428. The third kappa shape index (κ3) is 2.87. The summed E-state index contributed by atoms with van der Waals surface area (Å²) in [4.78, 5) is 0. The van der Waals surface area contributed by atoms with Gasteiger partial charge in [0.1, 0.15) is 5.76 Å². The van der Waals surface area contributed by atoms with Crippen molar-refractivity contribution in [3.63, 3.8) is 0 Å². The van der Waals surface area contributed by atoms with Crippen LogP contribution in [0.15, 0.2) is 16.7 Å². The first-order valence-corrected chi connectivity index (χ1v) is 7.68. The third-order valence-electron chi connectivity index (χ3n) is 4.80. The molecule has 1 aromatic heterocycles. The van der Waals surface area contributed by atoms with E-state index in [1.54, 1.807) is 6.26 Å². The van der Waals surface area contributed by atoms with Gasteiger partial charge in [-0.1, -0.05) is 19.8 Å². The highest BCUT2D eigenvalue weighted by molar-refractivity contribution is 5.24. The zero-order chi connectivity index (χ0) is 13.3. The molecule has 3 heteroatoms. The SMILES string of the molecule is CC1CCCC(O)(CNC2CCCc3occc32)C1. The number of furan rings is 1. The second kappa shape index (κ2) is 5.29. The number of nitrogens with one attached hydrogen (secondary N) is 1. The van der Waals surface area contributed by atoms with E-state index in [1.807, 2.05) is 0 Å². The molecule has 3 nitrogen and oxygen atoms in total. The Balaban J connectivity index is 1.61. The molecule has 2 aliphatic rings. The molecule has 0 radical (unpaired) electrons. The van der Waals surface area contributed by atoms with E-state index in [2.05, 4.69) is 18.3 Å². The Hall–Kier alpha value is -0.800. The highest BCUT2D eigenvalue weighted by Crippen LogP contribution is 2.34. The molecule has 3 atom stereocenters. The van der Waals surface area contributed by atoms with Crippen LogP contribution in [0.4, 0.5) is 0 Å². The van der Waals surface area contributed by atoms with Crippen LogP contribution in [0.3, 0.4) is 0 Å². The molecule has 0 saturated heterocycles. The van der Waals surface area contributed by atoms with Gasteiger partial charge in [0.25, 0.3) is 0 Å². The molecule has 3 rings (SSSR count). The minimum Gasteiger partial charge on any atom is -0.469 e. The highest BCUT2D eigenvalue weighted by atomic mass is 16.3. The lowest BCUT2D eigenvalue weighted by Crippen LogP contribution is -2.45. The molecule has 0 amide bonds. The maximum Gasteiger partial charge on any atom is 0.108 e. The van der Waals surface area contributed by atoms with Gasteiger partial charge in [-0.15, -0.1) is 0 Å². The molecule has 19 heavy (non-hydrogen) atoms. The van der Waals surface area contributed by atoms with Crippen molar-refractivity contribution in [2.75, 3.05) is 6.54 Å². The van der Waals surface area contributed by atoms with Crippen LogP contribution in [0.1, 0.15) is 62.8 Å². The summed E-state index contributed by atoms with van der Waals surface area (Å²) in [7, 11) is 0. The fraction of sp³-hybridized carbons (Fsp3) is 0.750. The molecule has 1 saturated carbocycles. The summed E-state index contributed by atoms with van der Waals surface area (Å²) >= 11 is 0. The van der Waals surface area contributed by atoms with Gasteiger partial charge < -0.3 is 14.8 Å². The van der Waals surface area contributed by atoms with E-state index in [0.29, 0.717) is 18.5 Å². The van der Waals surface area contributed by atoms with Crippen LogP contribution in [0, 0.1) is 5.92 Å². The standard InChI is InChI=1S/C16H25NO2/c1-12-4-3-8-16(18,10-12)11-17-14-5-2-6-15-13(14)7-9-19-15/h7,9,12,14,17-18H,2-6,8,10-11H2,1H3. The molecule has 3 unspecified atom stereocenters. The van der Waals surface area contributed by atoms with Crippen molar-refractivity contribution < 1.29 is 9.52 Å². The third-order valence-corrected chi connectivity index (χ3v) is 4.80. The Morgan fingerprint density at radius 2 is 2.32 bits per heavy atom. The molecule has 1 fully saturated rings. The normalized spacial score (nSPS) is 35.1. The lowest BCUT2D eigenvalue weighted by atomic mass is 9.78. The molecule has 106 valence electrons. The van der Waals surface area contributed by atoms with Crippen LogP contribution in [-0.4, -0.2) is 17.3 Å². The van der Waals surface area contributed by atoms with Crippen molar-refractivity contribution in [2.24, 2.45) is 5.92 Å². The lowest BCUT2D eigenvalue weighted by Gasteiger charge is -2.37. The number of aliphatic hydroxyl groups is 1. The molecule has 1 aromatic rings. The average Bonchev–Trinajstić information content (AvgIpc) is 2.85. The molecule has 0 aliphatic heterocycles. The van der Waals surface area contributed by atoms with Crippen LogP contribution in [0.2, 0.25) is 0 Å². The Morgan fingerprint density at radius 3 is 3.16 bits per heavy atom. The second-order valence-corrected chi connectivity index (χ2v) is 6.55. The summed E-state index contributed by atoms with van der Waals surface area (Å²) in [5.74, 6) is 1.78. The smallest absolute Gasteiger partial charge is 0.108 e. The molecule has 2 aliphatic carbocycles. The minimum atomic E-state index is -0.501. The zero-order valence-electron chi connectivity index (χ0n) is 11.8. The van der Waals surface area contributed by atoms with E-state index < -0.39 is 5.60 Å². The van der Waals surface area contributed by atoms with E-state index in [-0.39, 0.29) is 0 Å². The largest absolute Gasteiger partial charge is 0.469 e. The first-order valence-electron chi connectivity index (χ1n) is 7.68. The summed E-state index contributed by atoms with van der Waals surface area (Å²) in [5.41, 5.74) is 0.803. The van der Waals surface area contributed by atoms with E-state index in [9.17, 15) is 5.11 Å². The fourth-order valence-electron chi connectivity index (χ4n) is 3.80. The molecule has 0 bridgehead atoms. The van der Waals surface area contributed by atoms with Gasteiger partial charge >= 0.3 is 0 Å². The second-order valence-electron chi connectivity index (χ2n) is 6.55. The average molecular weight is 263 g/mol. The van der Waals surface area contributed by atoms with E-state index in [0.717, 1.165) is 37.9 Å². The first kappa shape index (κ1) is 13.2. The zero-order valence-corrected chi connectivity index (χ0v) is 11.8. The molecular formula is C16H25NO2. The number of hydrogen-bond donors (Lipinski definition) is 2. The van der Waals surface area contributed by atoms with Gasteiger partial charge in [-0.3, -0.25) is 0 Å². The van der Waals surface area contributed by atoms with E-state index in [4.69, 9.17) is 4.42 Å². The van der Waals surface area contributed by atoms with Crippen molar-refractivity contribution >= 4 is 0 Å². The van der Waals surface area contributed by atoms with Crippen LogP contribution in [0.5, 0.6) is 0 Å². The van der Waals surface area contributed by atoms with Gasteiger partial charge in [-0.05, 0) is 37.7 Å². The monoisotopic (exact) mass is 263 g/mol. The number of hydrogen-bond acceptors (Lipinski definition) is 3. The summed E-state index contributed by atoms with van der Waals surface area (Å²) in [6.45, 7) is 2.96. The quantitative estimate of drug-likeness (QED) is 0.880. The maximum atomic E-state index is 10.7. The number of aryl methyl sites for hydroxylation is 1. The summed E-state index contributed by atoms with van der Waals surface area (Å²) < 4.78 is 5.52. The molecular weight excluding hydrogens is 238 g/mol. The van der Waals surface area contributed by atoms with Crippen LogP contribution >= 0.6 is 0 Å². The van der Waals surface area contributed by atoms with Gasteiger partial charge in [-0.2, -0.15) is 0 Å². The highest BCUT2D eigenvalue weighted by Gasteiger charge is 2.33. The van der Waals surface area contributed by atoms with Crippen molar-refractivity contribution in [1.82, 2.24) is 5.32 Å². The van der Waals surface area contributed by atoms with Gasteiger partial charge in [-0.25, -0.2) is 0 Å². The predicted molar refractivity (Wildman–Crippen MR) is 75.0 cm³/mol. The van der Waals surface area contributed by atoms with Crippen molar-refractivity contribution in [3.05, 3.63) is 23.7 Å². The lowest BCUT2D eigenvalue weighted by molar-refractivity contribution is -0.0142. The van der Waals surface area contributed by atoms with Crippen LogP contribution in [0.25, 0.3) is 0 Å². The summed E-state index contributed by atoms with van der Waals surface area (Å²) in [6.07, 6.45) is 9.47. The van der Waals surface area contributed by atoms with E-state index in [1.165, 1.54) is 18.4 Å². The predicted octanol–water partition coefficient (Wildman–Crippen LogP) is 3.19. The van der Waals surface area contributed by atoms with Gasteiger partial charge in [0, 0.05) is 24.6 Å². The van der Waals surface area contributed by atoms with Crippen LogP contribution in [-0.2, 0) is 6.42 Å². The van der Waals surface area contributed by atoms with E-state index >= 15 is 0 Å². The van der Waals surface area contributed by atoms with Crippen molar-refractivity contribution in [2.45, 2.75) is 63.5 Å². The van der Waals surface area contributed by atoms with Gasteiger partial charge in [0.2, 0.25) is 0 Å². The number of fused-ring (bicyclic) bond motifs is 1. The van der Waals surface area contributed by atoms with Gasteiger partial charge in [0.05, 0.1) is 11.9 Å². The molecule has 2 N–H and O–H groups in total. The Morgan fingerprint density at radius 1 is 1.42 bits per heavy atom. The topological polar surface area (TPSA) is 45.4 Å². The van der Waals surface area contributed by atoms with Gasteiger partial charge in [0.15, 0.2) is 0 Å². The number of rotatable bonds is 3. The van der Waals surface area contributed by atoms with Crippen molar-refractivity contribution in [1.29, 1.82) is 0 Å². The van der Waals surface area contributed by atoms with Crippen molar-refractivity contribution in [3.8, 4) is 0 Å². The van der Waals surface area contributed by atoms with Crippen LogP contribution < -0.4 is 5.32 Å². The maximum absolute atomic E-state index is 10.7. The molecule has 1 heterocycles. The summed E-state index contributed by atoms with van der Waals surface area (Å²) in [6, 6.07) is 2.45. The Labute approximate surface area is 115 Å². The molecule has 0 aromatic carbocycles.